The van der Waals surface area contributed by atoms with Crippen LogP contribution in [-0.4, -0.2) is 30.2 Å². The largest absolute Gasteiger partial charge is 0.354 e. The molecule has 21 heavy (non-hydrogen) atoms. The minimum atomic E-state index is -0.453. The molecule has 0 aromatic rings. The third-order valence-electron chi connectivity index (χ3n) is 5.67. The highest BCUT2D eigenvalue weighted by molar-refractivity contribution is 7.80. The van der Waals surface area contributed by atoms with Gasteiger partial charge in [0.1, 0.15) is 6.04 Å². The lowest BCUT2D eigenvalue weighted by Crippen LogP contribution is -2.56. The third-order valence-corrected chi connectivity index (χ3v) is 5.90. The van der Waals surface area contributed by atoms with Gasteiger partial charge >= 0.3 is 0 Å². The van der Waals surface area contributed by atoms with Crippen LogP contribution >= 0.6 is 12.6 Å². The first-order valence-corrected chi connectivity index (χ1v) is 8.85. The topological polar surface area (TPSA) is 58.2 Å². The summed E-state index contributed by atoms with van der Waals surface area (Å²) >= 11 is 4.08. The van der Waals surface area contributed by atoms with Gasteiger partial charge in [-0.2, -0.15) is 12.6 Å². The Balaban J connectivity index is 1.61. The molecule has 0 spiro atoms. The number of hydrogen-bond donors (Lipinski definition) is 3. The second-order valence-electron chi connectivity index (χ2n) is 7.41. The van der Waals surface area contributed by atoms with Gasteiger partial charge in [-0.1, -0.05) is 0 Å². The van der Waals surface area contributed by atoms with Crippen LogP contribution in [0.4, 0.5) is 0 Å². The van der Waals surface area contributed by atoms with E-state index in [9.17, 15) is 9.59 Å². The molecule has 0 heterocycles. The van der Waals surface area contributed by atoms with Gasteiger partial charge in [0.15, 0.2) is 0 Å². The lowest BCUT2D eigenvalue weighted by atomic mass is 9.49. The van der Waals surface area contributed by atoms with Gasteiger partial charge in [0.05, 0.1) is 0 Å². The van der Waals surface area contributed by atoms with Gasteiger partial charge in [-0.05, 0) is 63.2 Å². The Morgan fingerprint density at radius 1 is 1.14 bits per heavy atom. The Labute approximate surface area is 132 Å². The normalized spacial score (nSPS) is 38.1. The molecule has 1 atom stereocenters. The molecule has 0 aliphatic heterocycles. The minimum Gasteiger partial charge on any atom is -0.354 e. The molecule has 4 saturated carbocycles. The first-order valence-electron chi connectivity index (χ1n) is 8.22. The Hall–Kier alpha value is -0.710. The van der Waals surface area contributed by atoms with E-state index in [0.29, 0.717) is 12.3 Å². The number of nitrogens with one attached hydrogen (secondary N) is 2. The molecule has 4 rings (SSSR count). The average molecular weight is 310 g/mol. The summed E-state index contributed by atoms with van der Waals surface area (Å²) in [6.45, 7) is 2.31. The van der Waals surface area contributed by atoms with E-state index in [4.69, 9.17) is 0 Å². The number of thiol groups is 1. The van der Waals surface area contributed by atoms with Gasteiger partial charge in [0, 0.05) is 17.7 Å². The van der Waals surface area contributed by atoms with Crippen LogP contribution in [0.25, 0.3) is 0 Å². The van der Waals surface area contributed by atoms with E-state index in [-0.39, 0.29) is 17.2 Å². The molecule has 4 bridgehead atoms. The number of carbonyl (C=O) groups excluding carboxylic acids is 2. The zero-order valence-corrected chi connectivity index (χ0v) is 13.6. The summed E-state index contributed by atoms with van der Waals surface area (Å²) in [6, 6.07) is -0.453. The summed E-state index contributed by atoms with van der Waals surface area (Å²) in [7, 11) is 0. The van der Waals surface area contributed by atoms with Gasteiger partial charge in [-0.15, -0.1) is 0 Å². The quantitative estimate of drug-likeness (QED) is 0.678. The Morgan fingerprint density at radius 2 is 1.67 bits per heavy atom. The van der Waals surface area contributed by atoms with Crippen molar-refractivity contribution in [1.29, 1.82) is 0 Å². The standard InChI is InChI=1S/C16H26N2O2S/c1-10(14(19)17-2-3-21)18-15(20)16-7-11-4-12(8-16)6-13(5-11)9-16/h10-13,21H,2-9H2,1H3,(H,17,19)(H,18,20). The fourth-order valence-electron chi connectivity index (χ4n) is 5.14. The highest BCUT2D eigenvalue weighted by atomic mass is 32.1. The molecule has 0 radical (unpaired) electrons. The fraction of sp³-hybridized carbons (Fsp3) is 0.875. The maximum absolute atomic E-state index is 12.8. The summed E-state index contributed by atoms with van der Waals surface area (Å²) in [6.07, 6.45) is 7.08. The van der Waals surface area contributed by atoms with Crippen molar-refractivity contribution in [2.75, 3.05) is 12.3 Å². The Kier molecular flexibility index (Phi) is 4.21. The molecule has 4 aliphatic carbocycles. The molecule has 2 N–H and O–H groups in total. The third kappa shape index (κ3) is 2.94. The van der Waals surface area contributed by atoms with Crippen LogP contribution in [0, 0.1) is 23.2 Å². The molecule has 4 nitrogen and oxygen atoms in total. The van der Waals surface area contributed by atoms with E-state index < -0.39 is 6.04 Å². The van der Waals surface area contributed by atoms with Crippen molar-refractivity contribution in [3.8, 4) is 0 Å². The lowest BCUT2D eigenvalue weighted by Gasteiger charge is -2.55. The van der Waals surface area contributed by atoms with Gasteiger partial charge in [0.2, 0.25) is 11.8 Å². The molecule has 1 unspecified atom stereocenters. The molecular weight excluding hydrogens is 284 g/mol. The van der Waals surface area contributed by atoms with Gasteiger partial charge < -0.3 is 10.6 Å². The summed E-state index contributed by atoms with van der Waals surface area (Å²) in [5.41, 5.74) is -0.174. The molecule has 2 amide bonds. The van der Waals surface area contributed by atoms with Crippen molar-refractivity contribution < 1.29 is 9.59 Å². The van der Waals surface area contributed by atoms with Crippen LogP contribution < -0.4 is 10.6 Å². The molecular formula is C16H26N2O2S. The summed E-state index contributed by atoms with van der Waals surface area (Å²) in [4.78, 5) is 24.7. The van der Waals surface area contributed by atoms with E-state index in [2.05, 4.69) is 23.3 Å². The van der Waals surface area contributed by atoms with E-state index in [1.165, 1.54) is 19.3 Å². The molecule has 0 saturated heterocycles. The van der Waals surface area contributed by atoms with Crippen LogP contribution in [0.15, 0.2) is 0 Å². The molecule has 0 aromatic heterocycles. The van der Waals surface area contributed by atoms with Crippen LogP contribution in [0.3, 0.4) is 0 Å². The highest BCUT2D eigenvalue weighted by Gasteiger charge is 2.54. The van der Waals surface area contributed by atoms with Crippen LogP contribution in [0.5, 0.6) is 0 Å². The second-order valence-corrected chi connectivity index (χ2v) is 7.85. The molecule has 0 aromatic carbocycles. The molecule has 4 fully saturated rings. The molecule has 5 heteroatoms. The molecule has 4 aliphatic rings. The predicted octanol–water partition coefficient (Wildman–Crippen LogP) is 1.75. The summed E-state index contributed by atoms with van der Waals surface area (Å²) in [5, 5.41) is 5.75. The van der Waals surface area contributed by atoms with Gasteiger partial charge in [0.25, 0.3) is 0 Å². The maximum Gasteiger partial charge on any atom is 0.242 e. The predicted molar refractivity (Wildman–Crippen MR) is 85.1 cm³/mol. The monoisotopic (exact) mass is 310 g/mol. The molecule has 118 valence electrons. The fourth-order valence-corrected chi connectivity index (χ4v) is 5.25. The SMILES string of the molecule is CC(NC(=O)C12CC3CC(CC(C3)C1)C2)C(=O)NCCS. The van der Waals surface area contributed by atoms with Crippen molar-refractivity contribution in [2.45, 2.75) is 51.5 Å². The van der Waals surface area contributed by atoms with E-state index in [1.807, 2.05) is 0 Å². The van der Waals surface area contributed by atoms with Crippen LogP contribution in [0.1, 0.15) is 45.4 Å². The van der Waals surface area contributed by atoms with Crippen molar-refractivity contribution in [3.63, 3.8) is 0 Å². The van der Waals surface area contributed by atoms with Crippen LogP contribution in [-0.2, 0) is 9.59 Å². The zero-order chi connectivity index (χ0) is 15.0. The van der Waals surface area contributed by atoms with E-state index >= 15 is 0 Å². The average Bonchev–Trinajstić information content (AvgIpc) is 2.43. The number of hydrogen-bond acceptors (Lipinski definition) is 3. The highest BCUT2D eigenvalue weighted by Crippen LogP contribution is 2.60. The minimum absolute atomic E-state index is 0.109. The Morgan fingerprint density at radius 3 is 2.14 bits per heavy atom. The van der Waals surface area contributed by atoms with Crippen molar-refractivity contribution in [3.05, 3.63) is 0 Å². The zero-order valence-electron chi connectivity index (χ0n) is 12.7. The van der Waals surface area contributed by atoms with Crippen molar-refractivity contribution >= 4 is 24.4 Å². The second kappa shape index (κ2) is 5.82. The van der Waals surface area contributed by atoms with Gasteiger partial charge in [-0.25, -0.2) is 0 Å². The van der Waals surface area contributed by atoms with Crippen LogP contribution in [0.2, 0.25) is 0 Å². The Bertz CT molecular complexity index is 403. The number of amides is 2. The van der Waals surface area contributed by atoms with Crippen molar-refractivity contribution in [2.24, 2.45) is 23.2 Å². The maximum atomic E-state index is 12.8. The van der Waals surface area contributed by atoms with Crippen molar-refractivity contribution in [1.82, 2.24) is 10.6 Å². The number of carbonyl (C=O) groups is 2. The summed E-state index contributed by atoms with van der Waals surface area (Å²) < 4.78 is 0. The van der Waals surface area contributed by atoms with E-state index in [0.717, 1.165) is 37.0 Å². The first-order chi connectivity index (χ1) is 10.0. The lowest BCUT2D eigenvalue weighted by molar-refractivity contribution is -0.148. The first kappa shape index (κ1) is 15.2. The van der Waals surface area contributed by atoms with Gasteiger partial charge in [-0.3, -0.25) is 9.59 Å². The summed E-state index contributed by atoms with van der Waals surface area (Å²) in [5.74, 6) is 2.86. The smallest absolute Gasteiger partial charge is 0.242 e. The van der Waals surface area contributed by atoms with E-state index in [1.54, 1.807) is 6.92 Å². The number of rotatable bonds is 5.